The van der Waals surface area contributed by atoms with Crippen LogP contribution in [0.4, 0.5) is 5.69 Å². The molecule has 3 aromatic carbocycles. The number of amides is 1. The highest BCUT2D eigenvalue weighted by atomic mass is 32.2. The van der Waals surface area contributed by atoms with Crippen LogP contribution < -0.4 is 9.47 Å². The van der Waals surface area contributed by atoms with Crippen LogP contribution in [0, 0.1) is 0 Å². The summed E-state index contributed by atoms with van der Waals surface area (Å²) in [5.41, 5.74) is 1.67. The highest BCUT2D eigenvalue weighted by Crippen LogP contribution is 2.35. The van der Waals surface area contributed by atoms with Gasteiger partial charge in [-0.3, -0.25) is 9.69 Å². The zero-order valence-corrected chi connectivity index (χ0v) is 18.1. The predicted molar refractivity (Wildman–Crippen MR) is 126 cm³/mol. The van der Waals surface area contributed by atoms with Crippen molar-refractivity contribution in [2.75, 3.05) is 13.7 Å². The normalized spacial score (nSPS) is 16.2. The number of methoxy groups -OCH3 is 1. The van der Waals surface area contributed by atoms with Gasteiger partial charge in [0, 0.05) is 6.54 Å². The molecule has 3 aromatic rings. The van der Waals surface area contributed by atoms with E-state index in [1.807, 2.05) is 91.9 Å². The first kappa shape index (κ1) is 20.8. The van der Waals surface area contributed by atoms with E-state index in [0.29, 0.717) is 16.6 Å². The molecule has 0 aromatic heterocycles. The molecule has 6 heteroatoms. The third kappa shape index (κ3) is 4.98. The molecule has 1 aliphatic rings. The molecule has 5 nitrogen and oxygen atoms in total. The van der Waals surface area contributed by atoms with Crippen molar-refractivity contribution < 1.29 is 14.3 Å². The van der Waals surface area contributed by atoms with Gasteiger partial charge in [0.1, 0.15) is 17.2 Å². The van der Waals surface area contributed by atoms with Gasteiger partial charge < -0.3 is 9.47 Å². The number of rotatable bonds is 6. The number of aliphatic imine (C=N–C) groups is 1. The molecule has 0 atom stereocenters. The van der Waals surface area contributed by atoms with Crippen molar-refractivity contribution in [2.45, 2.75) is 6.92 Å². The van der Waals surface area contributed by atoms with Gasteiger partial charge in [-0.2, -0.15) is 0 Å². The van der Waals surface area contributed by atoms with E-state index >= 15 is 0 Å². The van der Waals surface area contributed by atoms with Gasteiger partial charge in [-0.05, 0) is 78.9 Å². The fourth-order valence-corrected chi connectivity index (χ4v) is 4.14. The third-order valence-electron chi connectivity index (χ3n) is 4.64. The van der Waals surface area contributed by atoms with E-state index in [1.54, 1.807) is 12.0 Å². The van der Waals surface area contributed by atoms with E-state index < -0.39 is 0 Å². The number of carbonyl (C=O) groups excluding carboxylic acids is 1. The summed E-state index contributed by atoms with van der Waals surface area (Å²) in [6, 6.07) is 24.7. The van der Waals surface area contributed by atoms with Crippen LogP contribution in [0.3, 0.4) is 0 Å². The average Bonchev–Trinajstić information content (AvgIpc) is 3.09. The Bertz CT molecular complexity index is 1130. The molecule has 1 saturated heterocycles. The van der Waals surface area contributed by atoms with E-state index in [9.17, 15) is 4.79 Å². The number of para-hydroxylation sites is 1. The fourth-order valence-electron chi connectivity index (χ4n) is 3.08. The molecule has 0 radical (unpaired) electrons. The van der Waals surface area contributed by atoms with E-state index in [-0.39, 0.29) is 5.91 Å². The Morgan fingerprint density at radius 1 is 0.935 bits per heavy atom. The van der Waals surface area contributed by atoms with Crippen molar-refractivity contribution in [3.8, 4) is 17.2 Å². The first-order valence-corrected chi connectivity index (χ1v) is 10.7. The number of benzene rings is 3. The molecule has 0 N–H and O–H groups in total. The van der Waals surface area contributed by atoms with Crippen LogP contribution in [0.15, 0.2) is 88.8 Å². The zero-order valence-electron chi connectivity index (χ0n) is 17.3. The number of likely N-dealkylation sites (N-methyl/N-ethyl adjacent to an activating group) is 1. The van der Waals surface area contributed by atoms with E-state index in [1.165, 1.54) is 11.8 Å². The number of ether oxygens (including phenoxy) is 2. The Hall–Kier alpha value is -3.51. The van der Waals surface area contributed by atoms with Gasteiger partial charge >= 0.3 is 0 Å². The van der Waals surface area contributed by atoms with Crippen molar-refractivity contribution in [3.63, 3.8) is 0 Å². The Balaban J connectivity index is 1.57. The lowest BCUT2D eigenvalue weighted by Crippen LogP contribution is -2.28. The summed E-state index contributed by atoms with van der Waals surface area (Å²) in [6.45, 7) is 2.49. The number of hydrogen-bond acceptors (Lipinski definition) is 5. The van der Waals surface area contributed by atoms with Crippen LogP contribution in [0.25, 0.3) is 6.08 Å². The lowest BCUT2D eigenvalue weighted by atomic mass is 10.2. The van der Waals surface area contributed by atoms with Crippen LogP contribution in [-0.2, 0) is 4.79 Å². The maximum absolute atomic E-state index is 12.9. The fraction of sp³-hybridized carbons (Fsp3) is 0.120. The van der Waals surface area contributed by atoms with Gasteiger partial charge in [0.2, 0.25) is 0 Å². The molecule has 1 aliphatic heterocycles. The van der Waals surface area contributed by atoms with Crippen molar-refractivity contribution >= 4 is 34.6 Å². The second kappa shape index (κ2) is 9.53. The monoisotopic (exact) mass is 430 g/mol. The van der Waals surface area contributed by atoms with Gasteiger partial charge in [-0.25, -0.2) is 4.99 Å². The molecular formula is C25H22N2O3S. The summed E-state index contributed by atoms with van der Waals surface area (Å²) < 4.78 is 11.1. The Morgan fingerprint density at radius 2 is 1.68 bits per heavy atom. The lowest BCUT2D eigenvalue weighted by molar-refractivity contribution is -0.122. The van der Waals surface area contributed by atoms with Crippen LogP contribution in [0.5, 0.6) is 17.2 Å². The molecule has 1 heterocycles. The van der Waals surface area contributed by atoms with Gasteiger partial charge in [0.25, 0.3) is 5.91 Å². The Kier molecular flexibility index (Phi) is 6.38. The van der Waals surface area contributed by atoms with Gasteiger partial charge in [-0.15, -0.1) is 0 Å². The second-order valence-electron chi connectivity index (χ2n) is 6.74. The molecule has 0 unspecified atom stereocenters. The second-order valence-corrected chi connectivity index (χ2v) is 7.75. The van der Waals surface area contributed by atoms with Crippen molar-refractivity contribution in [3.05, 3.63) is 89.3 Å². The summed E-state index contributed by atoms with van der Waals surface area (Å²) in [4.78, 5) is 19.9. The largest absolute Gasteiger partial charge is 0.497 e. The maximum atomic E-state index is 12.9. The highest BCUT2D eigenvalue weighted by molar-refractivity contribution is 8.18. The summed E-state index contributed by atoms with van der Waals surface area (Å²) in [6.07, 6.45) is 1.88. The number of thioether (sulfide) groups is 1. The Labute approximate surface area is 186 Å². The van der Waals surface area contributed by atoms with Gasteiger partial charge in [0.15, 0.2) is 5.17 Å². The first-order chi connectivity index (χ1) is 15.2. The molecule has 0 aliphatic carbocycles. The van der Waals surface area contributed by atoms with Crippen LogP contribution in [0.1, 0.15) is 12.5 Å². The molecule has 0 saturated carbocycles. The first-order valence-electron chi connectivity index (χ1n) is 9.93. The number of hydrogen-bond donors (Lipinski definition) is 0. The maximum Gasteiger partial charge on any atom is 0.266 e. The zero-order chi connectivity index (χ0) is 21.6. The van der Waals surface area contributed by atoms with E-state index in [2.05, 4.69) is 4.99 Å². The molecule has 0 bridgehead atoms. The molecule has 156 valence electrons. The standard InChI is InChI=1S/C25H22N2O3S/c1-3-27-24(28)23(31-25(27)26-19-12-14-20(29-2)15-13-19)17-18-8-7-11-22(16-18)30-21-9-5-4-6-10-21/h4-17H,3H2,1-2H3/b23-17+,26-25?. The van der Waals surface area contributed by atoms with Crippen LogP contribution in [0.2, 0.25) is 0 Å². The number of amidine groups is 1. The lowest BCUT2D eigenvalue weighted by Gasteiger charge is -2.12. The number of nitrogens with zero attached hydrogens (tertiary/aromatic N) is 2. The quantitative estimate of drug-likeness (QED) is 0.443. The minimum Gasteiger partial charge on any atom is -0.497 e. The third-order valence-corrected chi connectivity index (χ3v) is 5.64. The molecule has 31 heavy (non-hydrogen) atoms. The SMILES string of the molecule is CCN1C(=O)/C(=C\c2cccc(Oc3ccccc3)c2)SC1=Nc1ccc(OC)cc1. The topological polar surface area (TPSA) is 51.1 Å². The molecular weight excluding hydrogens is 408 g/mol. The molecule has 4 rings (SSSR count). The summed E-state index contributed by atoms with van der Waals surface area (Å²) in [5, 5.41) is 0.667. The average molecular weight is 431 g/mol. The summed E-state index contributed by atoms with van der Waals surface area (Å²) in [7, 11) is 1.63. The summed E-state index contributed by atoms with van der Waals surface area (Å²) in [5.74, 6) is 2.21. The van der Waals surface area contributed by atoms with Crippen molar-refractivity contribution in [1.82, 2.24) is 4.90 Å². The minimum absolute atomic E-state index is 0.0471. The molecule has 0 spiro atoms. The minimum atomic E-state index is -0.0471. The van der Waals surface area contributed by atoms with Crippen LogP contribution in [-0.4, -0.2) is 29.6 Å². The smallest absolute Gasteiger partial charge is 0.266 e. The van der Waals surface area contributed by atoms with E-state index in [4.69, 9.17) is 9.47 Å². The predicted octanol–water partition coefficient (Wildman–Crippen LogP) is 6.11. The Morgan fingerprint density at radius 3 is 2.39 bits per heavy atom. The highest BCUT2D eigenvalue weighted by Gasteiger charge is 2.32. The van der Waals surface area contributed by atoms with E-state index in [0.717, 1.165) is 28.5 Å². The number of carbonyl (C=O) groups is 1. The van der Waals surface area contributed by atoms with Gasteiger partial charge in [0.05, 0.1) is 17.7 Å². The van der Waals surface area contributed by atoms with Crippen LogP contribution >= 0.6 is 11.8 Å². The van der Waals surface area contributed by atoms with Crippen molar-refractivity contribution in [1.29, 1.82) is 0 Å². The van der Waals surface area contributed by atoms with Gasteiger partial charge in [-0.1, -0.05) is 30.3 Å². The molecule has 1 fully saturated rings. The molecule has 1 amide bonds. The summed E-state index contributed by atoms with van der Waals surface area (Å²) >= 11 is 1.38. The van der Waals surface area contributed by atoms with Crippen molar-refractivity contribution in [2.24, 2.45) is 4.99 Å².